The SMILES string of the molecule is CCCc1ccc(-c2ncc(-c3cccc4c3CCC4N3CCC3)s2)cc1C#N. The Hall–Kier alpha value is -2.48. The largest absolute Gasteiger partial charge is 0.296 e. The van der Waals surface area contributed by atoms with Crippen molar-refractivity contribution in [1.29, 1.82) is 5.26 Å². The van der Waals surface area contributed by atoms with Crippen LogP contribution in [0.4, 0.5) is 0 Å². The van der Waals surface area contributed by atoms with Gasteiger partial charge < -0.3 is 0 Å². The van der Waals surface area contributed by atoms with Crippen LogP contribution in [0.2, 0.25) is 0 Å². The van der Waals surface area contributed by atoms with Crippen molar-refractivity contribution in [2.75, 3.05) is 13.1 Å². The molecule has 0 N–H and O–H groups in total. The Morgan fingerprint density at radius 3 is 2.90 bits per heavy atom. The van der Waals surface area contributed by atoms with Crippen LogP contribution in [0, 0.1) is 11.3 Å². The van der Waals surface area contributed by atoms with Gasteiger partial charge in [-0.3, -0.25) is 4.90 Å². The molecule has 146 valence electrons. The number of nitrogens with zero attached hydrogens (tertiary/aromatic N) is 3. The highest BCUT2D eigenvalue weighted by Gasteiger charge is 2.32. The molecule has 0 radical (unpaired) electrons. The zero-order chi connectivity index (χ0) is 19.8. The molecule has 2 aliphatic rings. The van der Waals surface area contributed by atoms with E-state index in [0.29, 0.717) is 6.04 Å². The number of likely N-dealkylation sites (tertiary alicyclic amines) is 1. The molecular weight excluding hydrogens is 374 g/mol. The quantitative estimate of drug-likeness (QED) is 0.529. The van der Waals surface area contributed by atoms with Crippen LogP contribution in [-0.2, 0) is 12.8 Å². The van der Waals surface area contributed by atoms with Gasteiger partial charge in [-0.1, -0.05) is 43.7 Å². The molecule has 5 rings (SSSR count). The summed E-state index contributed by atoms with van der Waals surface area (Å²) in [5.74, 6) is 0. The Morgan fingerprint density at radius 2 is 2.14 bits per heavy atom. The van der Waals surface area contributed by atoms with Gasteiger partial charge in [-0.15, -0.1) is 11.3 Å². The van der Waals surface area contributed by atoms with Crippen LogP contribution in [0.1, 0.15) is 54.5 Å². The third-order valence-corrected chi connectivity index (χ3v) is 7.42. The standard InChI is InChI=1S/C25H25N3S/c1-2-5-17-8-9-18(14-19(17)15-26)25-27-16-24(29-25)22-7-3-6-21-20(22)10-11-23(21)28-12-4-13-28/h3,6-9,14,16,23H,2,4-5,10-13H2,1H3. The first kappa shape index (κ1) is 18.5. The van der Waals surface area contributed by atoms with Gasteiger partial charge in [0.1, 0.15) is 5.01 Å². The molecule has 1 aliphatic carbocycles. The number of aryl methyl sites for hydroxylation is 1. The maximum atomic E-state index is 9.53. The van der Waals surface area contributed by atoms with E-state index in [4.69, 9.17) is 4.98 Å². The fraction of sp³-hybridized carbons (Fsp3) is 0.360. The second-order valence-corrected chi connectivity index (χ2v) is 9.11. The van der Waals surface area contributed by atoms with Crippen LogP contribution in [-0.4, -0.2) is 23.0 Å². The minimum atomic E-state index is 0.607. The second-order valence-electron chi connectivity index (χ2n) is 8.08. The first-order chi connectivity index (χ1) is 14.3. The van der Waals surface area contributed by atoms with E-state index in [1.807, 2.05) is 12.3 Å². The van der Waals surface area contributed by atoms with Crippen LogP contribution in [0.3, 0.4) is 0 Å². The Bertz CT molecular complexity index is 1090. The molecule has 0 amide bonds. The van der Waals surface area contributed by atoms with Crippen molar-refractivity contribution >= 4 is 11.3 Å². The number of thiazole rings is 1. The summed E-state index contributed by atoms with van der Waals surface area (Å²) in [6.45, 7) is 4.63. The smallest absolute Gasteiger partial charge is 0.123 e. The first-order valence-electron chi connectivity index (χ1n) is 10.6. The van der Waals surface area contributed by atoms with E-state index < -0.39 is 0 Å². The summed E-state index contributed by atoms with van der Waals surface area (Å²) >= 11 is 1.74. The van der Waals surface area contributed by atoms with Gasteiger partial charge in [0.05, 0.1) is 16.5 Å². The molecule has 1 unspecified atom stereocenters. The van der Waals surface area contributed by atoms with Gasteiger partial charge in [0, 0.05) is 17.8 Å². The number of aromatic nitrogens is 1. The lowest BCUT2D eigenvalue weighted by atomic mass is 9.99. The lowest BCUT2D eigenvalue weighted by molar-refractivity contribution is 0.118. The molecule has 2 heterocycles. The Morgan fingerprint density at radius 1 is 1.24 bits per heavy atom. The molecule has 2 aromatic carbocycles. The highest BCUT2D eigenvalue weighted by Crippen LogP contribution is 2.44. The van der Waals surface area contributed by atoms with Crippen molar-refractivity contribution in [3.05, 3.63) is 64.8 Å². The first-order valence-corrected chi connectivity index (χ1v) is 11.5. The molecule has 1 fully saturated rings. The van der Waals surface area contributed by atoms with Crippen LogP contribution in [0.5, 0.6) is 0 Å². The number of hydrogen-bond acceptors (Lipinski definition) is 4. The molecule has 1 atom stereocenters. The van der Waals surface area contributed by atoms with Crippen molar-refractivity contribution in [3.8, 4) is 27.1 Å². The van der Waals surface area contributed by atoms with Gasteiger partial charge in [-0.25, -0.2) is 4.98 Å². The van der Waals surface area contributed by atoms with Crippen molar-refractivity contribution in [3.63, 3.8) is 0 Å². The van der Waals surface area contributed by atoms with E-state index >= 15 is 0 Å². The second kappa shape index (κ2) is 7.74. The molecule has 0 saturated carbocycles. The topological polar surface area (TPSA) is 39.9 Å². The van der Waals surface area contributed by atoms with E-state index in [-0.39, 0.29) is 0 Å². The Balaban J connectivity index is 1.47. The lowest BCUT2D eigenvalue weighted by Gasteiger charge is -2.37. The minimum absolute atomic E-state index is 0.607. The molecule has 29 heavy (non-hydrogen) atoms. The van der Waals surface area contributed by atoms with E-state index in [1.165, 1.54) is 47.5 Å². The number of nitriles is 1. The summed E-state index contributed by atoms with van der Waals surface area (Å²) in [5.41, 5.74) is 7.33. The summed E-state index contributed by atoms with van der Waals surface area (Å²) < 4.78 is 0. The maximum Gasteiger partial charge on any atom is 0.123 e. The van der Waals surface area contributed by atoms with E-state index in [1.54, 1.807) is 11.3 Å². The Labute approximate surface area is 176 Å². The normalized spacial score (nSPS) is 18.3. The third kappa shape index (κ3) is 3.29. The van der Waals surface area contributed by atoms with E-state index in [9.17, 15) is 5.26 Å². The zero-order valence-corrected chi connectivity index (χ0v) is 17.6. The van der Waals surface area contributed by atoms with Crippen LogP contribution in [0.25, 0.3) is 21.0 Å². The van der Waals surface area contributed by atoms with Crippen LogP contribution in [0.15, 0.2) is 42.6 Å². The van der Waals surface area contributed by atoms with Crippen LogP contribution < -0.4 is 0 Å². The Kier molecular flexibility index (Phi) is 4.95. The van der Waals surface area contributed by atoms with Gasteiger partial charge in [0.2, 0.25) is 0 Å². The lowest BCUT2D eigenvalue weighted by Crippen LogP contribution is -2.39. The molecule has 0 bridgehead atoms. The predicted molar refractivity (Wildman–Crippen MR) is 119 cm³/mol. The van der Waals surface area contributed by atoms with Gasteiger partial charge in [-0.05, 0) is 67.1 Å². The summed E-state index contributed by atoms with van der Waals surface area (Å²) in [6, 6.07) is 16.0. The van der Waals surface area contributed by atoms with Gasteiger partial charge >= 0.3 is 0 Å². The third-order valence-electron chi connectivity index (χ3n) is 6.34. The van der Waals surface area contributed by atoms with Crippen molar-refractivity contribution in [1.82, 2.24) is 9.88 Å². The van der Waals surface area contributed by atoms with Gasteiger partial charge in [0.25, 0.3) is 0 Å². The van der Waals surface area contributed by atoms with Crippen molar-refractivity contribution in [2.45, 2.75) is 45.1 Å². The fourth-order valence-corrected chi connectivity index (χ4v) is 5.69. The summed E-state index contributed by atoms with van der Waals surface area (Å²) in [6.07, 6.45) is 7.74. The molecular formula is C25H25N3S. The fourth-order valence-electron chi connectivity index (χ4n) is 4.73. The molecule has 4 heteroatoms. The average molecular weight is 400 g/mol. The number of benzene rings is 2. The van der Waals surface area contributed by atoms with Crippen LogP contribution >= 0.6 is 11.3 Å². The number of rotatable bonds is 5. The van der Waals surface area contributed by atoms with Crippen molar-refractivity contribution in [2.24, 2.45) is 0 Å². The highest BCUT2D eigenvalue weighted by atomic mass is 32.1. The molecule has 0 spiro atoms. The maximum absolute atomic E-state index is 9.53. The summed E-state index contributed by atoms with van der Waals surface area (Å²) in [5, 5.41) is 10.5. The molecule has 3 nitrogen and oxygen atoms in total. The van der Waals surface area contributed by atoms with Gasteiger partial charge in [-0.2, -0.15) is 5.26 Å². The molecule has 1 aliphatic heterocycles. The number of fused-ring (bicyclic) bond motifs is 1. The highest BCUT2D eigenvalue weighted by molar-refractivity contribution is 7.18. The summed E-state index contributed by atoms with van der Waals surface area (Å²) in [4.78, 5) is 8.57. The molecule has 1 aromatic heterocycles. The van der Waals surface area contributed by atoms with E-state index in [2.05, 4.69) is 48.2 Å². The summed E-state index contributed by atoms with van der Waals surface area (Å²) in [7, 11) is 0. The monoisotopic (exact) mass is 399 g/mol. The minimum Gasteiger partial charge on any atom is -0.296 e. The van der Waals surface area contributed by atoms with E-state index in [0.717, 1.165) is 41.0 Å². The van der Waals surface area contributed by atoms with Gasteiger partial charge in [0.15, 0.2) is 0 Å². The van der Waals surface area contributed by atoms with Crippen molar-refractivity contribution < 1.29 is 0 Å². The molecule has 1 saturated heterocycles. The zero-order valence-electron chi connectivity index (χ0n) is 16.8. The molecule has 3 aromatic rings. The average Bonchev–Trinajstić information content (AvgIpc) is 3.35. The predicted octanol–water partition coefficient (Wildman–Crippen LogP) is 5.99. The number of hydrogen-bond donors (Lipinski definition) is 0.